The SMILES string of the molecule is COC(=O)CC(NC(=O)CC(C)N)C1CCCCC1.Cl. The van der Waals surface area contributed by atoms with Gasteiger partial charge in [0.15, 0.2) is 0 Å². The molecule has 2 unspecified atom stereocenters. The first-order chi connectivity index (χ1) is 9.02. The van der Waals surface area contributed by atoms with Crippen LogP contribution in [0.3, 0.4) is 0 Å². The van der Waals surface area contributed by atoms with Gasteiger partial charge in [-0.2, -0.15) is 0 Å². The van der Waals surface area contributed by atoms with Crippen LogP contribution in [-0.2, 0) is 14.3 Å². The summed E-state index contributed by atoms with van der Waals surface area (Å²) in [4.78, 5) is 23.3. The zero-order valence-corrected chi connectivity index (χ0v) is 13.2. The Morgan fingerprint density at radius 1 is 1.25 bits per heavy atom. The molecule has 1 saturated carbocycles. The van der Waals surface area contributed by atoms with E-state index in [9.17, 15) is 9.59 Å². The highest BCUT2D eigenvalue weighted by molar-refractivity contribution is 5.85. The largest absolute Gasteiger partial charge is 0.469 e. The van der Waals surface area contributed by atoms with Crippen molar-refractivity contribution in [3.8, 4) is 0 Å². The van der Waals surface area contributed by atoms with Gasteiger partial charge in [-0.05, 0) is 25.7 Å². The molecule has 2 atom stereocenters. The Morgan fingerprint density at radius 2 is 1.85 bits per heavy atom. The van der Waals surface area contributed by atoms with Crippen LogP contribution in [0.15, 0.2) is 0 Å². The van der Waals surface area contributed by atoms with E-state index < -0.39 is 0 Å². The number of amides is 1. The molecule has 1 amide bonds. The summed E-state index contributed by atoms with van der Waals surface area (Å²) < 4.78 is 4.72. The number of carbonyl (C=O) groups is 2. The molecule has 5 nitrogen and oxygen atoms in total. The lowest BCUT2D eigenvalue weighted by molar-refractivity contribution is -0.141. The molecular weight excluding hydrogens is 280 g/mol. The maximum Gasteiger partial charge on any atom is 0.307 e. The highest BCUT2D eigenvalue weighted by atomic mass is 35.5. The second kappa shape index (κ2) is 10.00. The van der Waals surface area contributed by atoms with Gasteiger partial charge in [-0.1, -0.05) is 19.3 Å². The zero-order chi connectivity index (χ0) is 14.3. The van der Waals surface area contributed by atoms with Crippen molar-refractivity contribution >= 4 is 24.3 Å². The van der Waals surface area contributed by atoms with Crippen LogP contribution in [-0.4, -0.2) is 31.1 Å². The van der Waals surface area contributed by atoms with E-state index in [0.29, 0.717) is 12.3 Å². The summed E-state index contributed by atoms with van der Waals surface area (Å²) in [5.74, 6) is 0.0380. The number of ether oxygens (including phenoxy) is 1. The van der Waals surface area contributed by atoms with Crippen molar-refractivity contribution in [3.63, 3.8) is 0 Å². The van der Waals surface area contributed by atoms with Gasteiger partial charge in [-0.15, -0.1) is 12.4 Å². The summed E-state index contributed by atoms with van der Waals surface area (Å²) >= 11 is 0. The third-order valence-corrected chi connectivity index (χ3v) is 3.69. The van der Waals surface area contributed by atoms with Gasteiger partial charge in [0.05, 0.1) is 13.5 Å². The number of methoxy groups -OCH3 is 1. The summed E-state index contributed by atoms with van der Waals surface area (Å²) in [5, 5.41) is 2.96. The Hall–Kier alpha value is -0.810. The van der Waals surface area contributed by atoms with Gasteiger partial charge in [-0.25, -0.2) is 0 Å². The van der Waals surface area contributed by atoms with Crippen LogP contribution >= 0.6 is 12.4 Å². The average molecular weight is 307 g/mol. The van der Waals surface area contributed by atoms with Crippen LogP contribution in [0.5, 0.6) is 0 Å². The number of carbonyl (C=O) groups excluding carboxylic acids is 2. The van der Waals surface area contributed by atoms with Crippen molar-refractivity contribution in [3.05, 3.63) is 0 Å². The third-order valence-electron chi connectivity index (χ3n) is 3.69. The van der Waals surface area contributed by atoms with Crippen LogP contribution in [0.25, 0.3) is 0 Å². The number of halogens is 1. The fourth-order valence-corrected chi connectivity index (χ4v) is 2.69. The lowest BCUT2D eigenvalue weighted by Crippen LogP contribution is -2.44. The zero-order valence-electron chi connectivity index (χ0n) is 12.4. The topological polar surface area (TPSA) is 81.4 Å². The van der Waals surface area contributed by atoms with Crippen molar-refractivity contribution in [2.24, 2.45) is 11.7 Å². The first-order valence-electron chi connectivity index (χ1n) is 7.14. The summed E-state index contributed by atoms with van der Waals surface area (Å²) in [6.45, 7) is 1.80. The number of esters is 1. The number of hydrogen-bond donors (Lipinski definition) is 2. The van der Waals surface area contributed by atoms with Gasteiger partial charge in [0.1, 0.15) is 0 Å². The first-order valence-corrected chi connectivity index (χ1v) is 7.14. The molecule has 3 N–H and O–H groups in total. The van der Waals surface area contributed by atoms with Crippen LogP contribution < -0.4 is 11.1 Å². The molecule has 0 heterocycles. The van der Waals surface area contributed by atoms with Gasteiger partial charge in [-0.3, -0.25) is 9.59 Å². The molecule has 0 aliphatic heterocycles. The summed E-state index contributed by atoms with van der Waals surface area (Å²) in [6, 6.07) is -0.274. The Kier molecular flexibility index (Phi) is 9.59. The quantitative estimate of drug-likeness (QED) is 0.733. The lowest BCUT2D eigenvalue weighted by atomic mass is 9.82. The monoisotopic (exact) mass is 306 g/mol. The van der Waals surface area contributed by atoms with E-state index in [1.807, 2.05) is 0 Å². The van der Waals surface area contributed by atoms with Gasteiger partial charge in [0, 0.05) is 18.5 Å². The molecule has 20 heavy (non-hydrogen) atoms. The average Bonchev–Trinajstić information content (AvgIpc) is 2.37. The summed E-state index contributed by atoms with van der Waals surface area (Å²) in [6.07, 6.45) is 6.28. The highest BCUT2D eigenvalue weighted by Gasteiger charge is 2.27. The van der Waals surface area contributed by atoms with Crippen LogP contribution in [0.4, 0.5) is 0 Å². The second-order valence-electron chi connectivity index (χ2n) is 5.53. The minimum Gasteiger partial charge on any atom is -0.469 e. The van der Waals surface area contributed by atoms with Crippen molar-refractivity contribution < 1.29 is 14.3 Å². The van der Waals surface area contributed by atoms with E-state index in [4.69, 9.17) is 10.5 Å². The maximum atomic E-state index is 11.8. The van der Waals surface area contributed by atoms with Gasteiger partial charge in [0.2, 0.25) is 5.91 Å². The first kappa shape index (κ1) is 19.2. The third kappa shape index (κ3) is 7.10. The van der Waals surface area contributed by atoms with Crippen LogP contribution in [0, 0.1) is 5.92 Å². The van der Waals surface area contributed by atoms with E-state index in [2.05, 4.69) is 5.32 Å². The second-order valence-corrected chi connectivity index (χ2v) is 5.53. The Bertz CT molecular complexity index is 305. The molecule has 0 aromatic carbocycles. The van der Waals surface area contributed by atoms with E-state index in [1.54, 1.807) is 6.92 Å². The van der Waals surface area contributed by atoms with Crippen molar-refractivity contribution in [1.82, 2.24) is 5.32 Å². The normalized spacial score (nSPS) is 18.6. The predicted octanol–water partition coefficient (Wildman–Crippen LogP) is 1.77. The Balaban J connectivity index is 0.00000361. The van der Waals surface area contributed by atoms with Crippen molar-refractivity contribution in [2.75, 3.05) is 7.11 Å². The standard InChI is InChI=1S/C14H26N2O3.ClH/c1-10(15)8-13(17)16-12(9-14(18)19-2)11-6-4-3-5-7-11;/h10-12H,3-9,15H2,1-2H3,(H,16,17);1H. The molecule has 0 radical (unpaired) electrons. The van der Waals surface area contributed by atoms with Crippen LogP contribution in [0.2, 0.25) is 0 Å². The van der Waals surface area contributed by atoms with Crippen molar-refractivity contribution in [1.29, 1.82) is 0 Å². The fraction of sp³-hybridized carbons (Fsp3) is 0.857. The van der Waals surface area contributed by atoms with E-state index in [1.165, 1.54) is 26.4 Å². The molecule has 6 heteroatoms. The van der Waals surface area contributed by atoms with E-state index in [0.717, 1.165) is 12.8 Å². The minimum absolute atomic E-state index is 0. The van der Waals surface area contributed by atoms with Crippen molar-refractivity contribution in [2.45, 2.75) is 64.0 Å². The van der Waals surface area contributed by atoms with Gasteiger partial charge < -0.3 is 15.8 Å². The highest BCUT2D eigenvalue weighted by Crippen LogP contribution is 2.28. The Morgan fingerprint density at radius 3 is 2.35 bits per heavy atom. The molecule has 118 valence electrons. The molecule has 1 rings (SSSR count). The fourth-order valence-electron chi connectivity index (χ4n) is 2.69. The summed E-state index contributed by atoms with van der Waals surface area (Å²) in [5.41, 5.74) is 5.62. The number of nitrogens with one attached hydrogen (secondary N) is 1. The molecule has 1 fully saturated rings. The molecule has 0 saturated heterocycles. The molecule has 0 spiro atoms. The summed E-state index contributed by atoms with van der Waals surface area (Å²) in [7, 11) is 1.38. The van der Waals surface area contributed by atoms with E-state index in [-0.39, 0.29) is 42.8 Å². The number of hydrogen-bond acceptors (Lipinski definition) is 4. The lowest BCUT2D eigenvalue weighted by Gasteiger charge is -2.30. The molecule has 0 bridgehead atoms. The molecule has 0 aromatic heterocycles. The smallest absolute Gasteiger partial charge is 0.307 e. The Labute approximate surface area is 127 Å². The minimum atomic E-state index is -0.267. The molecule has 0 aromatic rings. The molecular formula is C14H27ClN2O3. The maximum absolute atomic E-state index is 11.8. The number of nitrogens with two attached hydrogens (primary N) is 1. The molecule has 1 aliphatic rings. The number of rotatable bonds is 6. The van der Waals surface area contributed by atoms with Gasteiger partial charge in [0.25, 0.3) is 0 Å². The van der Waals surface area contributed by atoms with Gasteiger partial charge >= 0.3 is 5.97 Å². The van der Waals surface area contributed by atoms with Crippen LogP contribution in [0.1, 0.15) is 51.9 Å². The van der Waals surface area contributed by atoms with E-state index >= 15 is 0 Å². The predicted molar refractivity (Wildman–Crippen MR) is 80.7 cm³/mol. The molecule has 1 aliphatic carbocycles.